The molecule has 0 aliphatic carbocycles. The fourth-order valence-corrected chi connectivity index (χ4v) is 1.97. The normalized spacial score (nSPS) is 21.4. The number of carbonyl (C=O) groups is 1. The Morgan fingerprint density at radius 2 is 2.00 bits per heavy atom. The Labute approximate surface area is 103 Å². The zero-order valence-corrected chi connectivity index (χ0v) is 10.3. The fourth-order valence-electron chi connectivity index (χ4n) is 1.71. The van der Waals surface area contributed by atoms with Crippen LogP contribution < -0.4 is 4.90 Å². The lowest BCUT2D eigenvalue weighted by Gasteiger charge is -2.31. The fraction of sp³-hybridized carbons (Fsp3) is 0.250. The Kier molecular flexibility index (Phi) is 3.12. The van der Waals surface area contributed by atoms with Crippen LogP contribution in [0.25, 0.3) is 0 Å². The minimum Gasteiger partial charge on any atom is -0.388 e. The van der Waals surface area contributed by atoms with Gasteiger partial charge in [0.2, 0.25) is 0 Å². The van der Waals surface area contributed by atoms with Crippen molar-refractivity contribution in [1.82, 2.24) is 0 Å². The van der Waals surface area contributed by atoms with Crippen LogP contribution in [0.4, 0.5) is 5.69 Å². The molecule has 3 nitrogen and oxygen atoms in total. The first-order valence-electron chi connectivity index (χ1n) is 5.04. The van der Waals surface area contributed by atoms with Crippen molar-refractivity contribution in [2.45, 2.75) is 12.5 Å². The minimum atomic E-state index is -0.695. The van der Waals surface area contributed by atoms with Crippen LogP contribution >= 0.6 is 15.9 Å². The van der Waals surface area contributed by atoms with Gasteiger partial charge < -0.3 is 10.0 Å². The molecule has 2 rings (SSSR count). The Morgan fingerprint density at radius 1 is 1.38 bits per heavy atom. The quantitative estimate of drug-likeness (QED) is 0.801. The van der Waals surface area contributed by atoms with Gasteiger partial charge in [0, 0.05) is 22.3 Å². The number of aliphatic hydroxyl groups is 1. The average Bonchev–Trinajstić information content (AvgIpc) is 2.28. The van der Waals surface area contributed by atoms with Crippen LogP contribution in [0.5, 0.6) is 0 Å². The summed E-state index contributed by atoms with van der Waals surface area (Å²) in [4.78, 5) is 13.5. The van der Waals surface area contributed by atoms with Crippen LogP contribution in [0.15, 0.2) is 40.9 Å². The maximum absolute atomic E-state index is 11.9. The Bertz CT molecular complexity index is 427. The lowest BCUT2D eigenvalue weighted by Crippen LogP contribution is -2.42. The van der Waals surface area contributed by atoms with E-state index in [1.165, 1.54) is 0 Å². The van der Waals surface area contributed by atoms with Crippen LogP contribution in [-0.2, 0) is 4.79 Å². The third-order valence-electron chi connectivity index (χ3n) is 2.69. The zero-order valence-electron chi connectivity index (χ0n) is 8.69. The zero-order chi connectivity index (χ0) is 11.7. The first-order valence-corrected chi connectivity index (χ1v) is 5.83. The molecule has 1 aromatic rings. The van der Waals surface area contributed by atoms with Crippen molar-refractivity contribution in [3.05, 3.63) is 40.9 Å². The monoisotopic (exact) mass is 281 g/mol. The molecule has 1 aromatic carbocycles. The van der Waals surface area contributed by atoms with Gasteiger partial charge in [0.15, 0.2) is 0 Å². The second-order valence-corrected chi connectivity index (χ2v) is 4.68. The average molecular weight is 282 g/mol. The maximum Gasteiger partial charge on any atom is 0.256 e. The number of aliphatic hydroxyl groups excluding tert-OH is 1. The van der Waals surface area contributed by atoms with E-state index in [1.54, 1.807) is 4.90 Å². The molecule has 16 heavy (non-hydrogen) atoms. The highest BCUT2D eigenvalue weighted by Crippen LogP contribution is 2.24. The van der Waals surface area contributed by atoms with Crippen molar-refractivity contribution in [2.75, 3.05) is 11.4 Å². The number of rotatable bonds is 1. The summed E-state index contributed by atoms with van der Waals surface area (Å²) in [6.45, 7) is 4.15. The molecule has 1 aliphatic heterocycles. The first kappa shape index (κ1) is 11.4. The van der Waals surface area contributed by atoms with Gasteiger partial charge in [0.25, 0.3) is 5.91 Å². The number of anilines is 1. The van der Waals surface area contributed by atoms with Crippen molar-refractivity contribution in [1.29, 1.82) is 0 Å². The van der Waals surface area contributed by atoms with E-state index in [2.05, 4.69) is 22.5 Å². The molecule has 1 atom stereocenters. The van der Waals surface area contributed by atoms with Crippen molar-refractivity contribution in [3.8, 4) is 0 Å². The molecule has 84 valence electrons. The van der Waals surface area contributed by atoms with Gasteiger partial charge in [0.05, 0.1) is 6.10 Å². The van der Waals surface area contributed by atoms with Crippen LogP contribution in [0.2, 0.25) is 0 Å². The second-order valence-electron chi connectivity index (χ2n) is 3.76. The van der Waals surface area contributed by atoms with Gasteiger partial charge in [0.1, 0.15) is 0 Å². The van der Waals surface area contributed by atoms with Gasteiger partial charge in [-0.3, -0.25) is 4.79 Å². The van der Waals surface area contributed by atoms with Crippen LogP contribution in [0, 0.1) is 0 Å². The Balaban J connectivity index is 2.25. The molecule has 1 amide bonds. The molecule has 4 heteroatoms. The molecule has 0 bridgehead atoms. The number of hydrogen-bond acceptors (Lipinski definition) is 2. The molecule has 0 radical (unpaired) electrons. The van der Waals surface area contributed by atoms with E-state index in [0.29, 0.717) is 13.0 Å². The summed E-state index contributed by atoms with van der Waals surface area (Å²) < 4.78 is 0.972. The number of amides is 1. The summed E-state index contributed by atoms with van der Waals surface area (Å²) in [5, 5.41) is 9.50. The first-order chi connectivity index (χ1) is 7.59. The van der Waals surface area contributed by atoms with Crippen LogP contribution in [0.3, 0.4) is 0 Å². The number of halogens is 1. The molecular weight excluding hydrogens is 270 g/mol. The minimum absolute atomic E-state index is 0.193. The van der Waals surface area contributed by atoms with Gasteiger partial charge in [-0.25, -0.2) is 0 Å². The Hall–Kier alpha value is -1.13. The predicted octanol–water partition coefficient (Wildman–Crippen LogP) is 2.10. The van der Waals surface area contributed by atoms with E-state index in [-0.39, 0.29) is 11.5 Å². The van der Waals surface area contributed by atoms with Gasteiger partial charge >= 0.3 is 0 Å². The lowest BCUT2D eigenvalue weighted by molar-refractivity contribution is -0.117. The van der Waals surface area contributed by atoms with E-state index >= 15 is 0 Å². The molecule has 0 aromatic heterocycles. The number of benzene rings is 1. The molecular formula is C12H12BrNO2. The molecule has 0 unspecified atom stereocenters. The molecule has 1 aliphatic rings. The van der Waals surface area contributed by atoms with E-state index in [9.17, 15) is 9.90 Å². The molecule has 0 saturated carbocycles. The van der Waals surface area contributed by atoms with Gasteiger partial charge in [-0.05, 0) is 30.7 Å². The molecule has 1 fully saturated rings. The lowest BCUT2D eigenvalue weighted by atomic mass is 10.0. The number of piperidine rings is 1. The van der Waals surface area contributed by atoms with Gasteiger partial charge in [-0.2, -0.15) is 0 Å². The topological polar surface area (TPSA) is 40.5 Å². The van der Waals surface area contributed by atoms with E-state index in [4.69, 9.17) is 0 Å². The summed E-state index contributed by atoms with van der Waals surface area (Å²) in [7, 11) is 0. The van der Waals surface area contributed by atoms with Crippen molar-refractivity contribution in [3.63, 3.8) is 0 Å². The predicted molar refractivity (Wildman–Crippen MR) is 66.3 cm³/mol. The molecule has 0 spiro atoms. The highest BCUT2D eigenvalue weighted by molar-refractivity contribution is 9.10. The third kappa shape index (κ3) is 2.03. The molecule has 1 saturated heterocycles. The smallest absolute Gasteiger partial charge is 0.256 e. The maximum atomic E-state index is 11.9. The summed E-state index contributed by atoms with van der Waals surface area (Å²) in [5.74, 6) is -0.193. The highest BCUT2D eigenvalue weighted by Gasteiger charge is 2.28. The van der Waals surface area contributed by atoms with E-state index in [0.717, 1.165) is 10.2 Å². The summed E-state index contributed by atoms with van der Waals surface area (Å²) in [6.07, 6.45) is -0.153. The standard InChI is InChI=1S/C12H12BrNO2/c1-8-11(15)6-7-14(12(8)16)10-4-2-9(13)3-5-10/h2-5,11,15H,1,6-7H2/t11-/m0/s1. The highest BCUT2D eigenvalue weighted by atomic mass is 79.9. The third-order valence-corrected chi connectivity index (χ3v) is 3.22. The molecule has 1 N–H and O–H groups in total. The van der Waals surface area contributed by atoms with Crippen molar-refractivity contribution in [2.24, 2.45) is 0 Å². The van der Waals surface area contributed by atoms with Crippen molar-refractivity contribution >= 4 is 27.5 Å². The van der Waals surface area contributed by atoms with Gasteiger partial charge in [-0.15, -0.1) is 0 Å². The molecule has 1 heterocycles. The van der Waals surface area contributed by atoms with E-state index in [1.807, 2.05) is 24.3 Å². The summed E-state index contributed by atoms with van der Waals surface area (Å²) in [6, 6.07) is 7.51. The number of nitrogens with zero attached hydrogens (tertiary/aromatic N) is 1. The van der Waals surface area contributed by atoms with Crippen LogP contribution in [-0.4, -0.2) is 23.7 Å². The largest absolute Gasteiger partial charge is 0.388 e. The van der Waals surface area contributed by atoms with Crippen molar-refractivity contribution < 1.29 is 9.90 Å². The SMILES string of the molecule is C=C1C(=O)N(c2ccc(Br)cc2)CC[C@@H]1O. The summed E-state index contributed by atoms with van der Waals surface area (Å²) in [5.41, 5.74) is 1.11. The van der Waals surface area contributed by atoms with E-state index < -0.39 is 6.10 Å². The van der Waals surface area contributed by atoms with Crippen LogP contribution in [0.1, 0.15) is 6.42 Å². The number of carbonyl (C=O) groups excluding carboxylic acids is 1. The second kappa shape index (κ2) is 4.39. The Morgan fingerprint density at radius 3 is 2.62 bits per heavy atom. The van der Waals surface area contributed by atoms with Gasteiger partial charge in [-0.1, -0.05) is 22.5 Å². The number of hydrogen-bond donors (Lipinski definition) is 1. The summed E-state index contributed by atoms with van der Waals surface area (Å²) >= 11 is 3.34.